The minimum absolute atomic E-state index is 0.105. The molecule has 0 radical (unpaired) electrons. The number of aromatic nitrogens is 2. The van der Waals surface area contributed by atoms with Crippen LogP contribution in [-0.4, -0.2) is 21.9 Å². The predicted molar refractivity (Wildman–Crippen MR) is 109 cm³/mol. The van der Waals surface area contributed by atoms with Crippen LogP contribution in [0.15, 0.2) is 58.2 Å². The number of anilines is 1. The van der Waals surface area contributed by atoms with Crippen molar-refractivity contribution in [3.05, 3.63) is 59.7 Å². The van der Waals surface area contributed by atoms with E-state index in [2.05, 4.69) is 41.5 Å². The summed E-state index contributed by atoms with van der Waals surface area (Å²) in [4.78, 5) is 12.2. The zero-order valence-electron chi connectivity index (χ0n) is 15.7. The van der Waals surface area contributed by atoms with E-state index in [1.165, 1.54) is 17.3 Å². The number of aryl methyl sites for hydroxylation is 1. The lowest BCUT2D eigenvalue weighted by Gasteiger charge is -2.10. The van der Waals surface area contributed by atoms with Crippen molar-refractivity contribution in [1.29, 1.82) is 0 Å². The summed E-state index contributed by atoms with van der Waals surface area (Å²) in [5.74, 6) is 1.09. The van der Waals surface area contributed by atoms with Crippen LogP contribution in [0.2, 0.25) is 0 Å². The Morgan fingerprint density at radius 1 is 1.19 bits per heavy atom. The quantitative estimate of drug-likeness (QED) is 0.563. The standard InChI is InChI=1S/C21H23N3O2S/c1-4-15(3)16-8-10-18(11-9-16)22-19(25)13-27-21-24-23-20(26-21)17-7-5-6-14(2)12-17/h5-12,15H,4,13H2,1-3H3,(H,22,25)/t15-/m0/s1. The van der Waals surface area contributed by atoms with Gasteiger partial charge in [-0.2, -0.15) is 0 Å². The van der Waals surface area contributed by atoms with Crippen molar-refractivity contribution in [1.82, 2.24) is 10.2 Å². The van der Waals surface area contributed by atoms with E-state index in [0.717, 1.165) is 23.2 Å². The fourth-order valence-corrected chi connectivity index (χ4v) is 3.18. The van der Waals surface area contributed by atoms with Crippen LogP contribution in [0.4, 0.5) is 5.69 Å². The first-order chi connectivity index (χ1) is 13.0. The lowest BCUT2D eigenvalue weighted by molar-refractivity contribution is -0.113. The lowest BCUT2D eigenvalue weighted by atomic mass is 9.99. The molecular formula is C21H23N3O2S. The summed E-state index contributed by atoms with van der Waals surface area (Å²) in [6, 6.07) is 15.9. The smallest absolute Gasteiger partial charge is 0.277 e. The first-order valence-corrected chi connectivity index (χ1v) is 9.97. The molecule has 0 aliphatic heterocycles. The van der Waals surface area contributed by atoms with Crippen molar-refractivity contribution in [3.8, 4) is 11.5 Å². The molecule has 3 rings (SSSR count). The van der Waals surface area contributed by atoms with Crippen molar-refractivity contribution in [2.45, 2.75) is 38.3 Å². The fraction of sp³-hybridized carbons (Fsp3) is 0.286. The largest absolute Gasteiger partial charge is 0.411 e. The molecule has 140 valence electrons. The zero-order chi connectivity index (χ0) is 19.2. The van der Waals surface area contributed by atoms with Crippen LogP contribution in [0.25, 0.3) is 11.5 Å². The van der Waals surface area contributed by atoms with Gasteiger partial charge in [-0.15, -0.1) is 10.2 Å². The molecule has 0 saturated carbocycles. The first kappa shape index (κ1) is 19.2. The minimum atomic E-state index is -0.105. The maximum Gasteiger partial charge on any atom is 0.277 e. The van der Waals surface area contributed by atoms with E-state index < -0.39 is 0 Å². The number of hydrogen-bond donors (Lipinski definition) is 1. The van der Waals surface area contributed by atoms with E-state index in [1.54, 1.807) is 0 Å². The number of hydrogen-bond acceptors (Lipinski definition) is 5. The Kier molecular flexibility index (Phi) is 6.29. The van der Waals surface area contributed by atoms with Crippen LogP contribution >= 0.6 is 11.8 Å². The number of thioether (sulfide) groups is 1. The molecule has 1 amide bonds. The van der Waals surface area contributed by atoms with Crippen LogP contribution < -0.4 is 5.32 Å². The normalized spacial score (nSPS) is 12.0. The summed E-state index contributed by atoms with van der Waals surface area (Å²) >= 11 is 1.23. The average molecular weight is 382 g/mol. The van der Waals surface area contributed by atoms with E-state index in [4.69, 9.17) is 4.42 Å². The van der Waals surface area contributed by atoms with Crippen LogP contribution in [0.1, 0.15) is 37.3 Å². The molecule has 5 nitrogen and oxygen atoms in total. The van der Waals surface area contributed by atoms with Crippen LogP contribution in [0, 0.1) is 6.92 Å². The third-order valence-corrected chi connectivity index (χ3v) is 5.19. The van der Waals surface area contributed by atoms with E-state index in [1.807, 2.05) is 43.3 Å². The molecular weight excluding hydrogens is 358 g/mol. The van der Waals surface area contributed by atoms with Crippen molar-refractivity contribution in [3.63, 3.8) is 0 Å². The van der Waals surface area contributed by atoms with Crippen LogP contribution in [0.3, 0.4) is 0 Å². The van der Waals surface area contributed by atoms with E-state index in [9.17, 15) is 4.79 Å². The second kappa shape index (κ2) is 8.86. The lowest BCUT2D eigenvalue weighted by Crippen LogP contribution is -2.14. The molecule has 0 fully saturated rings. The number of amides is 1. The highest BCUT2D eigenvalue weighted by Gasteiger charge is 2.12. The molecule has 0 unspecified atom stereocenters. The van der Waals surface area contributed by atoms with Crippen molar-refractivity contribution in [2.75, 3.05) is 11.1 Å². The Labute approximate surface area is 163 Å². The van der Waals surface area contributed by atoms with Crippen molar-refractivity contribution < 1.29 is 9.21 Å². The SMILES string of the molecule is CC[C@H](C)c1ccc(NC(=O)CSc2nnc(-c3cccc(C)c3)o2)cc1. The van der Waals surface area contributed by atoms with Gasteiger partial charge in [0, 0.05) is 11.3 Å². The van der Waals surface area contributed by atoms with Crippen molar-refractivity contribution >= 4 is 23.4 Å². The molecule has 3 aromatic rings. The molecule has 1 heterocycles. The fourth-order valence-electron chi connectivity index (χ4n) is 2.62. The number of carbonyl (C=O) groups is 1. The van der Waals surface area contributed by atoms with E-state index in [0.29, 0.717) is 17.0 Å². The van der Waals surface area contributed by atoms with Gasteiger partial charge < -0.3 is 9.73 Å². The van der Waals surface area contributed by atoms with Gasteiger partial charge >= 0.3 is 0 Å². The topological polar surface area (TPSA) is 68.0 Å². The molecule has 0 saturated heterocycles. The molecule has 2 aromatic carbocycles. The van der Waals surface area contributed by atoms with Gasteiger partial charge in [-0.05, 0) is 49.1 Å². The Morgan fingerprint density at radius 2 is 1.96 bits per heavy atom. The van der Waals surface area contributed by atoms with Crippen LogP contribution in [-0.2, 0) is 4.79 Å². The van der Waals surface area contributed by atoms with E-state index in [-0.39, 0.29) is 11.7 Å². The van der Waals surface area contributed by atoms with Gasteiger partial charge in [-0.3, -0.25) is 4.79 Å². The minimum Gasteiger partial charge on any atom is -0.411 e. The Balaban J connectivity index is 1.54. The molecule has 6 heteroatoms. The summed E-state index contributed by atoms with van der Waals surface area (Å²) in [5.41, 5.74) is 4.07. The molecule has 1 aromatic heterocycles. The van der Waals surface area contributed by atoms with Gasteiger partial charge in [-0.1, -0.05) is 55.4 Å². The number of benzene rings is 2. The molecule has 0 spiro atoms. The summed E-state index contributed by atoms with van der Waals surface area (Å²) in [6.07, 6.45) is 1.09. The second-order valence-corrected chi connectivity index (χ2v) is 7.44. The predicted octanol–water partition coefficient (Wildman–Crippen LogP) is 5.29. The molecule has 0 bridgehead atoms. The Morgan fingerprint density at radius 3 is 2.67 bits per heavy atom. The van der Waals surface area contributed by atoms with Gasteiger partial charge in [0.05, 0.1) is 5.75 Å². The zero-order valence-corrected chi connectivity index (χ0v) is 16.5. The third-order valence-electron chi connectivity index (χ3n) is 4.37. The number of rotatable bonds is 7. The number of nitrogens with zero attached hydrogens (tertiary/aromatic N) is 2. The molecule has 1 N–H and O–H groups in total. The Hall–Kier alpha value is -2.60. The monoisotopic (exact) mass is 381 g/mol. The highest BCUT2D eigenvalue weighted by molar-refractivity contribution is 7.99. The summed E-state index contributed by atoms with van der Waals surface area (Å²) in [7, 11) is 0. The maximum absolute atomic E-state index is 12.2. The summed E-state index contributed by atoms with van der Waals surface area (Å²) in [5, 5.41) is 11.3. The third kappa shape index (κ3) is 5.20. The number of carbonyl (C=O) groups excluding carboxylic acids is 1. The van der Waals surface area contributed by atoms with Crippen LogP contribution in [0.5, 0.6) is 0 Å². The molecule has 0 aliphatic carbocycles. The first-order valence-electron chi connectivity index (χ1n) is 8.98. The summed E-state index contributed by atoms with van der Waals surface area (Å²) < 4.78 is 5.64. The van der Waals surface area contributed by atoms with Gasteiger partial charge in [-0.25, -0.2) is 0 Å². The van der Waals surface area contributed by atoms with Gasteiger partial charge in [0.2, 0.25) is 11.8 Å². The highest BCUT2D eigenvalue weighted by Crippen LogP contribution is 2.24. The maximum atomic E-state index is 12.2. The average Bonchev–Trinajstić information content (AvgIpc) is 3.15. The van der Waals surface area contributed by atoms with Crippen molar-refractivity contribution in [2.24, 2.45) is 0 Å². The molecule has 1 atom stereocenters. The molecule has 27 heavy (non-hydrogen) atoms. The molecule has 0 aliphatic rings. The van der Waals surface area contributed by atoms with Gasteiger partial charge in [0.15, 0.2) is 0 Å². The highest BCUT2D eigenvalue weighted by atomic mass is 32.2. The Bertz CT molecular complexity index is 906. The summed E-state index contributed by atoms with van der Waals surface area (Å²) in [6.45, 7) is 6.37. The number of nitrogens with one attached hydrogen (secondary N) is 1. The van der Waals surface area contributed by atoms with E-state index >= 15 is 0 Å². The van der Waals surface area contributed by atoms with Gasteiger partial charge in [0.25, 0.3) is 5.22 Å². The van der Waals surface area contributed by atoms with Gasteiger partial charge in [0.1, 0.15) is 0 Å². The second-order valence-electron chi connectivity index (χ2n) is 6.51.